The molecule has 27 heavy (non-hydrogen) atoms. The van der Waals surface area contributed by atoms with Crippen LogP contribution in [-0.2, 0) is 6.18 Å². The Morgan fingerprint density at radius 1 is 1.00 bits per heavy atom. The van der Waals surface area contributed by atoms with Gasteiger partial charge in [0.25, 0.3) is 0 Å². The van der Waals surface area contributed by atoms with E-state index in [9.17, 15) is 13.2 Å². The maximum Gasteiger partial charge on any atom is 0.416 e. The number of aromatic nitrogens is 3. The highest BCUT2D eigenvalue weighted by Crippen LogP contribution is 2.36. The van der Waals surface area contributed by atoms with Crippen molar-refractivity contribution in [2.75, 3.05) is 16.4 Å². The third kappa shape index (κ3) is 4.37. The van der Waals surface area contributed by atoms with Gasteiger partial charge in [-0.2, -0.15) is 13.2 Å². The number of benzene rings is 1. The Morgan fingerprint density at radius 2 is 1.70 bits per heavy atom. The summed E-state index contributed by atoms with van der Waals surface area (Å²) in [4.78, 5) is 12.2. The third-order valence-electron chi connectivity index (χ3n) is 3.59. The van der Waals surface area contributed by atoms with Gasteiger partial charge >= 0.3 is 6.18 Å². The highest BCUT2D eigenvalue weighted by atomic mass is 35.5. The van der Waals surface area contributed by atoms with Crippen LogP contribution in [-0.4, -0.2) is 15.0 Å². The summed E-state index contributed by atoms with van der Waals surface area (Å²) >= 11 is 6.00. The molecule has 0 spiro atoms. The van der Waals surface area contributed by atoms with Gasteiger partial charge in [0, 0.05) is 6.20 Å². The van der Waals surface area contributed by atoms with Crippen molar-refractivity contribution in [3.63, 3.8) is 0 Å². The molecule has 0 aliphatic carbocycles. The Bertz CT molecular complexity index is 977. The standard InChI is InChI=1S/C17H14ClF3N6/c1-9-4-5-23-13(6-9)27-16-14(22)15(24-8-25-16)26-12-7-10(17(19,20)21)2-3-11(12)18/h2-8H,22H2,1H3,(H2,23,24,25,26,27). The van der Waals surface area contributed by atoms with Crippen LogP contribution >= 0.6 is 11.6 Å². The van der Waals surface area contributed by atoms with E-state index >= 15 is 0 Å². The Hall–Kier alpha value is -3.07. The number of nitrogens with one attached hydrogen (secondary N) is 2. The van der Waals surface area contributed by atoms with Crippen LogP contribution in [0.5, 0.6) is 0 Å². The van der Waals surface area contributed by atoms with Crippen molar-refractivity contribution in [1.82, 2.24) is 15.0 Å². The molecule has 0 aliphatic rings. The first-order valence-electron chi connectivity index (χ1n) is 7.68. The number of halogens is 4. The van der Waals surface area contributed by atoms with E-state index in [0.29, 0.717) is 5.82 Å². The van der Waals surface area contributed by atoms with E-state index in [1.807, 2.05) is 13.0 Å². The van der Waals surface area contributed by atoms with Crippen LogP contribution in [0.4, 0.5) is 42.0 Å². The summed E-state index contributed by atoms with van der Waals surface area (Å²) in [5, 5.41) is 5.76. The summed E-state index contributed by atoms with van der Waals surface area (Å²) in [5.41, 5.74) is 6.32. The van der Waals surface area contributed by atoms with E-state index in [-0.39, 0.29) is 28.0 Å². The van der Waals surface area contributed by atoms with Crippen molar-refractivity contribution in [2.45, 2.75) is 13.1 Å². The highest BCUT2D eigenvalue weighted by molar-refractivity contribution is 6.33. The quantitative estimate of drug-likeness (QED) is 0.582. The highest BCUT2D eigenvalue weighted by Gasteiger charge is 2.31. The number of rotatable bonds is 4. The first-order chi connectivity index (χ1) is 12.7. The van der Waals surface area contributed by atoms with Crippen molar-refractivity contribution in [2.24, 2.45) is 0 Å². The molecule has 0 saturated heterocycles. The summed E-state index contributed by atoms with van der Waals surface area (Å²) in [6.45, 7) is 1.90. The maximum atomic E-state index is 12.9. The molecule has 0 radical (unpaired) electrons. The zero-order chi connectivity index (χ0) is 19.6. The third-order valence-corrected chi connectivity index (χ3v) is 3.92. The van der Waals surface area contributed by atoms with Gasteiger partial charge in [0.1, 0.15) is 17.8 Å². The first kappa shape index (κ1) is 18.7. The SMILES string of the molecule is Cc1ccnc(Nc2ncnc(Nc3cc(C(F)(F)F)ccc3Cl)c2N)c1. The Morgan fingerprint density at radius 3 is 2.37 bits per heavy atom. The number of alkyl halides is 3. The van der Waals surface area contributed by atoms with E-state index in [1.165, 1.54) is 6.33 Å². The molecule has 0 atom stereocenters. The average molecular weight is 395 g/mol. The fraction of sp³-hybridized carbons (Fsp3) is 0.118. The van der Waals surface area contributed by atoms with Crippen molar-refractivity contribution in [1.29, 1.82) is 0 Å². The van der Waals surface area contributed by atoms with Gasteiger partial charge in [-0.05, 0) is 42.8 Å². The van der Waals surface area contributed by atoms with Gasteiger partial charge in [-0.25, -0.2) is 15.0 Å². The summed E-state index contributed by atoms with van der Waals surface area (Å²) < 4.78 is 38.8. The predicted molar refractivity (Wildman–Crippen MR) is 98.4 cm³/mol. The Labute approximate surface area is 157 Å². The van der Waals surface area contributed by atoms with Gasteiger partial charge in [-0.15, -0.1) is 0 Å². The van der Waals surface area contributed by atoms with Crippen LogP contribution in [0.25, 0.3) is 0 Å². The second kappa shape index (κ2) is 7.28. The number of anilines is 5. The minimum absolute atomic E-state index is 0.0246. The second-order valence-corrected chi connectivity index (χ2v) is 6.05. The maximum absolute atomic E-state index is 12.9. The lowest BCUT2D eigenvalue weighted by Crippen LogP contribution is -2.08. The Balaban J connectivity index is 1.91. The molecule has 0 unspecified atom stereocenters. The number of nitrogens with two attached hydrogens (primary N) is 1. The van der Waals surface area contributed by atoms with Crippen LogP contribution < -0.4 is 16.4 Å². The minimum Gasteiger partial charge on any atom is -0.393 e. The van der Waals surface area contributed by atoms with Gasteiger partial charge in [0.2, 0.25) is 0 Å². The molecule has 6 nitrogen and oxygen atoms in total. The molecule has 1 aromatic carbocycles. The number of pyridine rings is 1. The van der Waals surface area contributed by atoms with Crippen LogP contribution in [0.15, 0.2) is 42.9 Å². The predicted octanol–water partition coefficient (Wildman–Crippen LogP) is 4.92. The summed E-state index contributed by atoms with van der Waals surface area (Å²) in [6.07, 6.45) is -1.66. The van der Waals surface area contributed by atoms with Gasteiger partial charge in [0.15, 0.2) is 11.6 Å². The van der Waals surface area contributed by atoms with Crippen LogP contribution in [0.3, 0.4) is 0 Å². The van der Waals surface area contributed by atoms with Crippen molar-refractivity contribution in [3.05, 3.63) is 59.0 Å². The number of nitrogen functional groups attached to an aromatic ring is 1. The van der Waals surface area contributed by atoms with E-state index in [2.05, 4.69) is 25.6 Å². The molecule has 2 aromatic heterocycles. The van der Waals surface area contributed by atoms with Crippen LogP contribution in [0.2, 0.25) is 5.02 Å². The summed E-state index contributed by atoms with van der Waals surface area (Å²) in [7, 11) is 0. The lowest BCUT2D eigenvalue weighted by Gasteiger charge is -2.14. The lowest BCUT2D eigenvalue weighted by molar-refractivity contribution is -0.137. The molecule has 0 amide bonds. The van der Waals surface area contributed by atoms with E-state index in [0.717, 1.165) is 23.8 Å². The second-order valence-electron chi connectivity index (χ2n) is 5.65. The Kier molecular flexibility index (Phi) is 5.04. The molecule has 10 heteroatoms. The van der Waals surface area contributed by atoms with Gasteiger partial charge in [-0.3, -0.25) is 0 Å². The van der Waals surface area contributed by atoms with E-state index in [4.69, 9.17) is 17.3 Å². The van der Waals surface area contributed by atoms with Gasteiger partial charge < -0.3 is 16.4 Å². The van der Waals surface area contributed by atoms with Crippen molar-refractivity contribution in [3.8, 4) is 0 Å². The molecule has 0 aliphatic heterocycles. The van der Waals surface area contributed by atoms with Crippen molar-refractivity contribution < 1.29 is 13.2 Å². The van der Waals surface area contributed by atoms with Crippen LogP contribution in [0, 0.1) is 6.92 Å². The average Bonchev–Trinajstić information content (AvgIpc) is 2.59. The monoisotopic (exact) mass is 394 g/mol. The molecule has 2 heterocycles. The molecular formula is C17H14ClF3N6. The zero-order valence-electron chi connectivity index (χ0n) is 14.0. The minimum atomic E-state index is -4.50. The smallest absolute Gasteiger partial charge is 0.393 e. The fourth-order valence-electron chi connectivity index (χ4n) is 2.25. The molecule has 140 valence electrons. The normalized spacial score (nSPS) is 11.3. The van der Waals surface area contributed by atoms with E-state index in [1.54, 1.807) is 12.3 Å². The number of aryl methyl sites for hydroxylation is 1. The lowest BCUT2D eigenvalue weighted by atomic mass is 10.2. The number of hydrogen-bond donors (Lipinski definition) is 3. The molecule has 0 saturated carbocycles. The fourth-order valence-corrected chi connectivity index (χ4v) is 2.41. The topological polar surface area (TPSA) is 88.8 Å². The first-order valence-corrected chi connectivity index (χ1v) is 8.06. The van der Waals surface area contributed by atoms with E-state index < -0.39 is 11.7 Å². The number of hydrogen-bond acceptors (Lipinski definition) is 6. The molecule has 0 bridgehead atoms. The van der Waals surface area contributed by atoms with Gasteiger partial charge in [-0.1, -0.05) is 11.6 Å². The van der Waals surface area contributed by atoms with Gasteiger partial charge in [0.05, 0.1) is 16.3 Å². The number of nitrogens with zero attached hydrogens (tertiary/aromatic N) is 3. The zero-order valence-corrected chi connectivity index (χ0v) is 14.7. The molecule has 0 fully saturated rings. The van der Waals surface area contributed by atoms with Crippen molar-refractivity contribution >= 4 is 40.4 Å². The molecule has 3 rings (SSSR count). The molecular weight excluding hydrogens is 381 g/mol. The molecule has 4 N–H and O–H groups in total. The largest absolute Gasteiger partial charge is 0.416 e. The van der Waals surface area contributed by atoms with Crippen LogP contribution in [0.1, 0.15) is 11.1 Å². The summed E-state index contributed by atoms with van der Waals surface area (Å²) in [6, 6.07) is 6.56. The summed E-state index contributed by atoms with van der Waals surface area (Å²) in [5.74, 6) is 0.888. The molecule has 3 aromatic rings.